The molecule has 1 aliphatic heterocycles. The Labute approximate surface area is 116 Å². The van der Waals surface area contributed by atoms with Crippen LogP contribution in [0, 0.1) is 22.0 Å². The molecule has 0 bridgehead atoms. The van der Waals surface area contributed by atoms with E-state index in [0.29, 0.717) is 16.7 Å². The number of anilines is 1. The molecule has 19 heavy (non-hydrogen) atoms. The Morgan fingerprint density at radius 1 is 1.47 bits per heavy atom. The van der Waals surface area contributed by atoms with Crippen LogP contribution in [-0.4, -0.2) is 23.1 Å². The lowest BCUT2D eigenvalue weighted by molar-refractivity contribution is -0.383. The van der Waals surface area contributed by atoms with Crippen LogP contribution in [0.1, 0.15) is 37.2 Å². The Morgan fingerprint density at radius 3 is 2.63 bits per heavy atom. The molecular formula is C13H18N2O3S. The molecule has 0 amide bonds. The van der Waals surface area contributed by atoms with Gasteiger partial charge in [0.2, 0.25) is 0 Å². The van der Waals surface area contributed by atoms with Gasteiger partial charge in [0, 0.05) is 24.0 Å². The van der Waals surface area contributed by atoms with E-state index in [-0.39, 0.29) is 10.6 Å². The summed E-state index contributed by atoms with van der Waals surface area (Å²) >= 11 is 1.37. The predicted molar refractivity (Wildman–Crippen MR) is 74.7 cm³/mol. The lowest BCUT2D eigenvalue weighted by Gasteiger charge is -2.16. The van der Waals surface area contributed by atoms with Crippen molar-refractivity contribution in [3.05, 3.63) is 21.1 Å². The fraction of sp³-hybridized carbons (Fsp3) is 0.692. The second-order valence-corrected chi connectivity index (χ2v) is 6.69. The van der Waals surface area contributed by atoms with Gasteiger partial charge in [-0.15, -0.1) is 11.3 Å². The van der Waals surface area contributed by atoms with Gasteiger partial charge in [0.25, 0.3) is 0 Å². The van der Waals surface area contributed by atoms with Crippen LogP contribution >= 0.6 is 11.3 Å². The van der Waals surface area contributed by atoms with Gasteiger partial charge in [0.1, 0.15) is 0 Å². The zero-order valence-electron chi connectivity index (χ0n) is 10.9. The van der Waals surface area contributed by atoms with E-state index in [1.807, 2.05) is 0 Å². The zero-order chi connectivity index (χ0) is 13.6. The minimum atomic E-state index is -0.639. The molecule has 6 heteroatoms. The molecule has 1 aliphatic carbocycles. The Kier molecular flexibility index (Phi) is 3.22. The van der Waals surface area contributed by atoms with Crippen molar-refractivity contribution in [1.82, 2.24) is 0 Å². The Bertz CT molecular complexity index is 488. The zero-order valence-corrected chi connectivity index (χ0v) is 11.7. The number of aliphatic hydroxyl groups excluding tert-OH is 1. The monoisotopic (exact) mass is 282 g/mol. The number of nitro groups is 1. The number of hydrogen-bond acceptors (Lipinski definition) is 5. The average molecular weight is 282 g/mol. The quantitative estimate of drug-likeness (QED) is 0.683. The molecule has 2 heterocycles. The first-order valence-corrected chi connectivity index (χ1v) is 7.59. The lowest BCUT2D eigenvalue weighted by atomic mass is 10.0. The van der Waals surface area contributed by atoms with E-state index >= 15 is 0 Å². The molecule has 3 atom stereocenters. The van der Waals surface area contributed by atoms with Gasteiger partial charge in [-0.25, -0.2) is 0 Å². The van der Waals surface area contributed by atoms with E-state index in [1.54, 1.807) is 6.92 Å². The summed E-state index contributed by atoms with van der Waals surface area (Å²) in [5.41, 5.74) is 0.154. The maximum absolute atomic E-state index is 11.2. The smallest absolute Gasteiger partial charge is 0.304 e. The number of rotatable bonds is 3. The molecule has 0 radical (unpaired) electrons. The third kappa shape index (κ3) is 2.23. The molecule has 0 spiro atoms. The molecule has 1 saturated carbocycles. The number of aliphatic hydroxyl groups is 1. The summed E-state index contributed by atoms with van der Waals surface area (Å²) in [6.45, 7) is 3.52. The highest BCUT2D eigenvalue weighted by Gasteiger charge is 2.39. The van der Waals surface area contributed by atoms with Crippen molar-refractivity contribution in [3.63, 3.8) is 0 Å². The van der Waals surface area contributed by atoms with Gasteiger partial charge in [-0.2, -0.15) is 0 Å². The van der Waals surface area contributed by atoms with Crippen molar-refractivity contribution in [3.8, 4) is 0 Å². The maximum Gasteiger partial charge on any atom is 0.304 e. The second kappa shape index (κ2) is 4.76. The molecule has 5 nitrogen and oxygen atoms in total. The molecule has 2 aliphatic rings. The molecule has 3 rings (SSSR count). The molecule has 1 N–H and O–H groups in total. The van der Waals surface area contributed by atoms with Gasteiger partial charge in [-0.1, -0.05) is 6.42 Å². The fourth-order valence-corrected chi connectivity index (χ4v) is 4.43. The minimum Gasteiger partial charge on any atom is -0.388 e. The molecule has 1 aromatic heterocycles. The van der Waals surface area contributed by atoms with Crippen molar-refractivity contribution in [2.24, 2.45) is 11.8 Å². The van der Waals surface area contributed by atoms with Crippen LogP contribution in [0.2, 0.25) is 0 Å². The third-order valence-electron chi connectivity index (χ3n) is 4.33. The number of hydrogen-bond donors (Lipinski definition) is 1. The van der Waals surface area contributed by atoms with Crippen molar-refractivity contribution in [2.45, 2.75) is 32.3 Å². The summed E-state index contributed by atoms with van der Waals surface area (Å²) in [7, 11) is 0. The second-order valence-electron chi connectivity index (χ2n) is 5.63. The van der Waals surface area contributed by atoms with Crippen molar-refractivity contribution < 1.29 is 10.0 Å². The first-order valence-electron chi connectivity index (χ1n) is 6.77. The lowest BCUT2D eigenvalue weighted by Crippen LogP contribution is -2.20. The third-order valence-corrected chi connectivity index (χ3v) is 5.69. The summed E-state index contributed by atoms with van der Waals surface area (Å²) in [6, 6.07) is 1.53. The van der Waals surface area contributed by atoms with E-state index in [0.717, 1.165) is 18.1 Å². The molecule has 0 aromatic carbocycles. The van der Waals surface area contributed by atoms with Crippen LogP contribution in [0.25, 0.3) is 0 Å². The Balaban J connectivity index is 1.89. The summed E-state index contributed by atoms with van der Waals surface area (Å²) < 4.78 is 0. The van der Waals surface area contributed by atoms with Crippen molar-refractivity contribution >= 4 is 22.0 Å². The maximum atomic E-state index is 11.2. The van der Waals surface area contributed by atoms with Gasteiger partial charge >= 0.3 is 5.69 Å². The van der Waals surface area contributed by atoms with Crippen LogP contribution < -0.4 is 4.90 Å². The first kappa shape index (κ1) is 12.9. The SMILES string of the molecule is C[C@H](O)c1cc([N+](=O)[O-])c(N2CC3CCCC3C2)s1. The molecule has 2 unspecified atom stereocenters. The van der Waals surface area contributed by atoms with Crippen molar-refractivity contribution in [1.29, 1.82) is 0 Å². The van der Waals surface area contributed by atoms with Gasteiger partial charge in [0.15, 0.2) is 5.00 Å². The largest absolute Gasteiger partial charge is 0.388 e. The Morgan fingerprint density at radius 2 is 2.11 bits per heavy atom. The number of thiophene rings is 1. The topological polar surface area (TPSA) is 66.6 Å². The Hall–Kier alpha value is -1.14. The standard InChI is InChI=1S/C13H18N2O3S/c1-8(16)12-5-11(15(17)18)13(19-12)14-6-9-3-2-4-10(9)7-14/h5,8-10,16H,2-4,6-7H2,1H3/t8-,9?,10?/m0/s1. The number of nitrogens with zero attached hydrogens (tertiary/aromatic N) is 2. The van der Waals surface area contributed by atoms with Gasteiger partial charge < -0.3 is 10.0 Å². The average Bonchev–Trinajstić information content (AvgIpc) is 3.01. The highest BCUT2D eigenvalue weighted by atomic mass is 32.1. The highest BCUT2D eigenvalue weighted by molar-refractivity contribution is 7.16. The van der Waals surface area contributed by atoms with Gasteiger partial charge in [0.05, 0.1) is 11.0 Å². The molecule has 1 aromatic rings. The van der Waals surface area contributed by atoms with E-state index in [1.165, 1.54) is 36.7 Å². The van der Waals surface area contributed by atoms with E-state index in [2.05, 4.69) is 4.90 Å². The van der Waals surface area contributed by atoms with Gasteiger partial charge in [-0.05, 0) is 31.6 Å². The number of fused-ring (bicyclic) bond motifs is 1. The van der Waals surface area contributed by atoms with Crippen LogP contribution in [0.3, 0.4) is 0 Å². The summed E-state index contributed by atoms with van der Waals surface area (Å²) in [6.07, 6.45) is 3.17. The normalized spacial score (nSPS) is 27.6. The fourth-order valence-electron chi connectivity index (χ4n) is 3.35. The molecule has 1 saturated heterocycles. The van der Waals surface area contributed by atoms with Crippen molar-refractivity contribution in [2.75, 3.05) is 18.0 Å². The van der Waals surface area contributed by atoms with Crippen LogP contribution in [-0.2, 0) is 0 Å². The van der Waals surface area contributed by atoms with E-state index < -0.39 is 6.10 Å². The van der Waals surface area contributed by atoms with Crippen LogP contribution in [0.4, 0.5) is 10.7 Å². The summed E-state index contributed by atoms with van der Waals surface area (Å²) in [4.78, 5) is 13.7. The first-order chi connectivity index (χ1) is 9.06. The molecular weight excluding hydrogens is 264 g/mol. The van der Waals surface area contributed by atoms with Crippen LogP contribution in [0.5, 0.6) is 0 Å². The summed E-state index contributed by atoms with van der Waals surface area (Å²) in [5.74, 6) is 1.41. The predicted octanol–water partition coefficient (Wildman–Crippen LogP) is 2.95. The van der Waals surface area contributed by atoms with Crippen LogP contribution in [0.15, 0.2) is 6.07 Å². The highest BCUT2D eigenvalue weighted by Crippen LogP contribution is 2.46. The molecule has 104 valence electrons. The van der Waals surface area contributed by atoms with E-state index in [4.69, 9.17) is 0 Å². The summed E-state index contributed by atoms with van der Waals surface area (Å²) in [5, 5.41) is 21.5. The minimum absolute atomic E-state index is 0.154. The molecule has 2 fully saturated rings. The van der Waals surface area contributed by atoms with Gasteiger partial charge in [-0.3, -0.25) is 10.1 Å². The van der Waals surface area contributed by atoms with E-state index in [9.17, 15) is 15.2 Å².